The number of unbranched alkanes of at least 4 members (excludes halogenated alkanes) is 2. The fraction of sp³-hybridized carbons (Fsp3) is 0.471. The summed E-state index contributed by atoms with van der Waals surface area (Å²) in [5, 5.41) is 13.4. The lowest BCUT2D eigenvalue weighted by molar-refractivity contribution is 0.632. The first-order chi connectivity index (χ1) is 9.86. The van der Waals surface area contributed by atoms with Gasteiger partial charge in [0.15, 0.2) is 0 Å². The SMILES string of the molecule is CCCNCc1cccc2c1ccn2CCCCC#N. The van der Waals surface area contributed by atoms with E-state index in [4.69, 9.17) is 5.26 Å². The molecule has 0 saturated heterocycles. The van der Waals surface area contributed by atoms with Gasteiger partial charge in [-0.05, 0) is 43.5 Å². The number of fused-ring (bicyclic) bond motifs is 1. The summed E-state index contributed by atoms with van der Waals surface area (Å²) in [4.78, 5) is 0. The number of aryl methyl sites for hydroxylation is 1. The third-order valence-corrected chi connectivity index (χ3v) is 3.58. The van der Waals surface area contributed by atoms with Crippen molar-refractivity contribution >= 4 is 10.9 Å². The number of nitriles is 1. The molecular weight excluding hydrogens is 246 g/mol. The quantitative estimate of drug-likeness (QED) is 0.740. The molecule has 2 aromatic rings. The lowest BCUT2D eigenvalue weighted by Gasteiger charge is -2.07. The molecule has 0 amide bonds. The van der Waals surface area contributed by atoms with Gasteiger partial charge in [0.2, 0.25) is 0 Å². The van der Waals surface area contributed by atoms with Crippen molar-refractivity contribution in [2.75, 3.05) is 6.54 Å². The van der Waals surface area contributed by atoms with Crippen LogP contribution >= 0.6 is 0 Å². The second kappa shape index (κ2) is 7.72. The number of hydrogen-bond donors (Lipinski definition) is 1. The minimum Gasteiger partial charge on any atom is -0.347 e. The zero-order chi connectivity index (χ0) is 14.2. The summed E-state index contributed by atoms with van der Waals surface area (Å²) in [5.41, 5.74) is 2.67. The van der Waals surface area contributed by atoms with Crippen molar-refractivity contribution in [1.82, 2.24) is 9.88 Å². The number of rotatable bonds is 8. The van der Waals surface area contributed by atoms with E-state index in [1.807, 2.05) is 0 Å². The Bertz CT molecular complexity index is 577. The highest BCUT2D eigenvalue weighted by molar-refractivity contribution is 5.83. The van der Waals surface area contributed by atoms with Crippen LogP contribution in [0.15, 0.2) is 30.5 Å². The Balaban J connectivity index is 2.07. The molecule has 3 heteroatoms. The molecule has 0 aliphatic carbocycles. The zero-order valence-electron chi connectivity index (χ0n) is 12.2. The highest BCUT2D eigenvalue weighted by atomic mass is 14.9. The summed E-state index contributed by atoms with van der Waals surface area (Å²) < 4.78 is 2.30. The summed E-state index contributed by atoms with van der Waals surface area (Å²) in [7, 11) is 0. The van der Waals surface area contributed by atoms with Crippen molar-refractivity contribution in [1.29, 1.82) is 5.26 Å². The van der Waals surface area contributed by atoms with Crippen LogP contribution in [0.2, 0.25) is 0 Å². The standard InChI is InChI=1S/C17H23N3/c1-2-11-19-14-15-7-6-8-17-16(15)9-13-20(17)12-5-3-4-10-18/h6-9,13,19H,2-5,11-12,14H2,1H3. The van der Waals surface area contributed by atoms with Crippen LogP contribution in [0.25, 0.3) is 10.9 Å². The van der Waals surface area contributed by atoms with Crippen LogP contribution in [0.3, 0.4) is 0 Å². The van der Waals surface area contributed by atoms with E-state index in [1.165, 1.54) is 16.5 Å². The minimum atomic E-state index is 0.658. The first kappa shape index (κ1) is 14.6. The second-order valence-corrected chi connectivity index (χ2v) is 5.15. The third-order valence-electron chi connectivity index (χ3n) is 3.58. The second-order valence-electron chi connectivity index (χ2n) is 5.15. The molecule has 0 aliphatic heterocycles. The lowest BCUT2D eigenvalue weighted by atomic mass is 10.1. The number of hydrogen-bond acceptors (Lipinski definition) is 2. The fourth-order valence-electron chi connectivity index (χ4n) is 2.52. The van der Waals surface area contributed by atoms with Gasteiger partial charge in [0, 0.05) is 36.6 Å². The summed E-state index contributed by atoms with van der Waals surface area (Å²) in [6.45, 7) is 5.18. The molecule has 0 unspecified atom stereocenters. The smallest absolute Gasteiger partial charge is 0.0621 e. The summed E-state index contributed by atoms with van der Waals surface area (Å²) in [6, 6.07) is 10.9. The first-order valence-electron chi connectivity index (χ1n) is 7.51. The van der Waals surface area contributed by atoms with Crippen LogP contribution in [0.4, 0.5) is 0 Å². The largest absolute Gasteiger partial charge is 0.347 e. The van der Waals surface area contributed by atoms with Crippen LogP contribution in [0, 0.1) is 11.3 Å². The van der Waals surface area contributed by atoms with Crippen molar-refractivity contribution < 1.29 is 0 Å². The van der Waals surface area contributed by atoms with Gasteiger partial charge in [0.05, 0.1) is 6.07 Å². The maximum Gasteiger partial charge on any atom is 0.0621 e. The van der Waals surface area contributed by atoms with Crippen LogP contribution in [-0.4, -0.2) is 11.1 Å². The molecule has 1 N–H and O–H groups in total. The zero-order valence-corrected chi connectivity index (χ0v) is 12.2. The molecule has 0 spiro atoms. The van der Waals surface area contributed by atoms with Gasteiger partial charge >= 0.3 is 0 Å². The van der Waals surface area contributed by atoms with E-state index in [0.717, 1.165) is 38.9 Å². The van der Waals surface area contributed by atoms with Gasteiger partial charge in [-0.25, -0.2) is 0 Å². The maximum absolute atomic E-state index is 8.57. The van der Waals surface area contributed by atoms with Crippen LogP contribution in [-0.2, 0) is 13.1 Å². The van der Waals surface area contributed by atoms with Crippen molar-refractivity contribution in [2.45, 2.75) is 45.7 Å². The molecule has 3 nitrogen and oxygen atoms in total. The van der Waals surface area contributed by atoms with Crippen molar-refractivity contribution in [3.63, 3.8) is 0 Å². The molecule has 1 aromatic heterocycles. The normalized spacial score (nSPS) is 10.8. The Morgan fingerprint density at radius 3 is 2.95 bits per heavy atom. The number of aromatic nitrogens is 1. The monoisotopic (exact) mass is 269 g/mol. The molecule has 0 radical (unpaired) electrons. The lowest BCUT2D eigenvalue weighted by Crippen LogP contribution is -2.13. The number of benzene rings is 1. The number of nitrogens with zero attached hydrogens (tertiary/aromatic N) is 2. The average molecular weight is 269 g/mol. The van der Waals surface area contributed by atoms with Gasteiger partial charge in [-0.1, -0.05) is 19.1 Å². The van der Waals surface area contributed by atoms with Gasteiger partial charge in [-0.3, -0.25) is 0 Å². The van der Waals surface area contributed by atoms with Gasteiger partial charge in [-0.15, -0.1) is 0 Å². The van der Waals surface area contributed by atoms with E-state index in [0.29, 0.717) is 6.42 Å². The average Bonchev–Trinajstić information content (AvgIpc) is 2.88. The van der Waals surface area contributed by atoms with Crippen LogP contribution in [0.5, 0.6) is 0 Å². The Kier molecular flexibility index (Phi) is 5.64. The van der Waals surface area contributed by atoms with Crippen molar-refractivity contribution in [3.05, 3.63) is 36.0 Å². The van der Waals surface area contributed by atoms with Gasteiger partial charge < -0.3 is 9.88 Å². The minimum absolute atomic E-state index is 0.658. The molecule has 0 bridgehead atoms. The molecule has 0 atom stereocenters. The predicted octanol–water partition coefficient (Wildman–Crippen LogP) is 3.83. The van der Waals surface area contributed by atoms with Gasteiger partial charge in [0.1, 0.15) is 0 Å². The van der Waals surface area contributed by atoms with Crippen LogP contribution in [0.1, 0.15) is 38.2 Å². The van der Waals surface area contributed by atoms with Crippen LogP contribution < -0.4 is 5.32 Å². The summed E-state index contributed by atoms with van der Waals surface area (Å²) in [6.07, 6.45) is 6.03. The van der Waals surface area contributed by atoms with Gasteiger partial charge in [0.25, 0.3) is 0 Å². The topological polar surface area (TPSA) is 40.8 Å². The Labute approximate surface area is 121 Å². The van der Waals surface area contributed by atoms with Gasteiger partial charge in [-0.2, -0.15) is 5.26 Å². The van der Waals surface area contributed by atoms with E-state index in [-0.39, 0.29) is 0 Å². The predicted molar refractivity (Wildman–Crippen MR) is 83.4 cm³/mol. The Morgan fingerprint density at radius 1 is 1.25 bits per heavy atom. The number of nitrogens with one attached hydrogen (secondary N) is 1. The Hall–Kier alpha value is -1.79. The van der Waals surface area contributed by atoms with Crippen molar-refractivity contribution in [3.8, 4) is 6.07 Å². The molecule has 1 aromatic carbocycles. The molecule has 0 aliphatic rings. The van der Waals surface area contributed by atoms with E-state index in [2.05, 4.69) is 53.3 Å². The molecule has 2 rings (SSSR count). The summed E-state index contributed by atoms with van der Waals surface area (Å²) >= 11 is 0. The van der Waals surface area contributed by atoms with E-state index >= 15 is 0 Å². The van der Waals surface area contributed by atoms with E-state index < -0.39 is 0 Å². The molecule has 0 fully saturated rings. The first-order valence-corrected chi connectivity index (χ1v) is 7.51. The summed E-state index contributed by atoms with van der Waals surface area (Å²) in [5.74, 6) is 0. The third kappa shape index (κ3) is 3.61. The molecule has 20 heavy (non-hydrogen) atoms. The maximum atomic E-state index is 8.57. The fourth-order valence-corrected chi connectivity index (χ4v) is 2.52. The molecule has 1 heterocycles. The van der Waals surface area contributed by atoms with Crippen molar-refractivity contribution in [2.24, 2.45) is 0 Å². The molecule has 106 valence electrons. The van der Waals surface area contributed by atoms with E-state index in [9.17, 15) is 0 Å². The molecular formula is C17H23N3. The van der Waals surface area contributed by atoms with E-state index in [1.54, 1.807) is 0 Å². The molecule has 0 saturated carbocycles. The highest BCUT2D eigenvalue weighted by Crippen LogP contribution is 2.21. The highest BCUT2D eigenvalue weighted by Gasteiger charge is 2.05. The Morgan fingerprint density at radius 2 is 2.15 bits per heavy atom.